The molecule has 0 aliphatic rings. The molecule has 0 aromatic heterocycles. The molecular weight excluding hydrogens is 340 g/mol. The van der Waals surface area contributed by atoms with Gasteiger partial charge in [0.2, 0.25) is 5.91 Å². The first-order chi connectivity index (χ1) is 13.1. The quantitative estimate of drug-likeness (QED) is 0.238. The van der Waals surface area contributed by atoms with Crippen LogP contribution in [0.25, 0.3) is 0 Å². The molecule has 160 valence electrons. The van der Waals surface area contributed by atoms with Crippen molar-refractivity contribution >= 4 is 11.9 Å². The Kier molecular flexibility index (Phi) is 18.9. The number of carboxylic acid groups (broad SMARTS) is 1. The molecule has 0 saturated carbocycles. The van der Waals surface area contributed by atoms with Gasteiger partial charge in [-0.2, -0.15) is 0 Å². The van der Waals surface area contributed by atoms with Crippen molar-refractivity contribution in [3.05, 3.63) is 0 Å². The first-order valence-electron chi connectivity index (χ1n) is 11.3. The average molecular weight is 385 g/mol. The molecule has 0 rings (SSSR count). The number of hydrogen-bond acceptors (Lipinski definition) is 3. The number of unbranched alkanes of at least 4 members (excludes halogenated alkanes) is 15. The molecule has 27 heavy (non-hydrogen) atoms. The summed E-state index contributed by atoms with van der Waals surface area (Å²) in [5.74, 6) is -1.59. The highest BCUT2D eigenvalue weighted by Gasteiger charge is 2.18. The second-order valence-corrected chi connectivity index (χ2v) is 7.82. The normalized spacial score (nSPS) is 12.2. The summed E-state index contributed by atoms with van der Waals surface area (Å²) in [6.07, 6.45) is 21.0. The average Bonchev–Trinajstić information content (AvgIpc) is 2.62. The van der Waals surface area contributed by atoms with Gasteiger partial charge in [0.25, 0.3) is 0 Å². The van der Waals surface area contributed by atoms with Crippen LogP contribution in [0.15, 0.2) is 0 Å². The Balaban J connectivity index is 3.24. The molecule has 5 nitrogen and oxygen atoms in total. The highest BCUT2D eigenvalue weighted by atomic mass is 16.4. The van der Waals surface area contributed by atoms with E-state index in [1.807, 2.05) is 0 Å². The number of amides is 1. The summed E-state index contributed by atoms with van der Waals surface area (Å²) in [5.41, 5.74) is 5.05. The number of nitrogens with one attached hydrogen (secondary N) is 1. The zero-order valence-electron chi connectivity index (χ0n) is 17.6. The van der Waals surface area contributed by atoms with Crippen molar-refractivity contribution in [2.45, 2.75) is 122 Å². The van der Waals surface area contributed by atoms with Gasteiger partial charge in [-0.05, 0) is 13.0 Å². The van der Waals surface area contributed by atoms with Gasteiger partial charge in [0.05, 0.1) is 6.42 Å². The lowest BCUT2D eigenvalue weighted by atomic mass is 10.0. The highest BCUT2D eigenvalue weighted by molar-refractivity contribution is 5.83. The van der Waals surface area contributed by atoms with Gasteiger partial charge in [0, 0.05) is 0 Å². The fraction of sp³-hybridized carbons (Fsp3) is 0.909. The van der Waals surface area contributed by atoms with Crippen molar-refractivity contribution in [2.24, 2.45) is 5.73 Å². The summed E-state index contributed by atoms with van der Waals surface area (Å²) in [6, 6.07) is -0.848. The van der Waals surface area contributed by atoms with E-state index in [9.17, 15) is 9.59 Å². The number of carboxylic acids is 1. The second-order valence-electron chi connectivity index (χ2n) is 7.82. The van der Waals surface area contributed by atoms with Crippen LogP contribution in [0.4, 0.5) is 0 Å². The van der Waals surface area contributed by atoms with E-state index in [1.54, 1.807) is 0 Å². The molecule has 1 amide bonds. The summed E-state index contributed by atoms with van der Waals surface area (Å²) in [4.78, 5) is 21.8. The van der Waals surface area contributed by atoms with Gasteiger partial charge >= 0.3 is 5.97 Å². The molecule has 0 unspecified atom stereocenters. The number of aliphatic carboxylic acids is 1. The molecule has 0 aliphatic heterocycles. The monoisotopic (exact) mass is 384 g/mol. The topological polar surface area (TPSA) is 92.4 Å². The number of carbonyl (C=O) groups excluding carboxylic acids is 1. The molecule has 0 bridgehead atoms. The number of hydrogen-bond donors (Lipinski definition) is 3. The van der Waals surface area contributed by atoms with Crippen LogP contribution in [-0.2, 0) is 9.59 Å². The van der Waals surface area contributed by atoms with E-state index < -0.39 is 17.9 Å². The Bertz CT molecular complexity index is 361. The summed E-state index contributed by atoms with van der Waals surface area (Å²) < 4.78 is 0. The van der Waals surface area contributed by atoms with Crippen LogP contribution in [0.1, 0.15) is 116 Å². The predicted octanol–water partition coefficient (Wildman–Crippen LogP) is 5.17. The first kappa shape index (κ1) is 25.9. The Labute approximate surface area is 166 Å². The van der Waals surface area contributed by atoms with E-state index in [2.05, 4.69) is 12.2 Å². The van der Waals surface area contributed by atoms with Crippen LogP contribution >= 0.6 is 0 Å². The molecule has 0 radical (unpaired) electrons. The van der Waals surface area contributed by atoms with Gasteiger partial charge in [-0.15, -0.1) is 0 Å². The molecule has 0 aromatic rings. The molecule has 0 saturated heterocycles. The molecular formula is C22H44N2O3. The second kappa shape index (κ2) is 19.7. The Hall–Kier alpha value is -1.10. The minimum Gasteiger partial charge on any atom is -0.480 e. The van der Waals surface area contributed by atoms with Crippen LogP contribution in [0.5, 0.6) is 0 Å². The zero-order chi connectivity index (χ0) is 20.2. The third-order valence-corrected chi connectivity index (χ3v) is 5.12. The van der Waals surface area contributed by atoms with Gasteiger partial charge in [-0.3, -0.25) is 9.59 Å². The van der Waals surface area contributed by atoms with Crippen molar-refractivity contribution < 1.29 is 14.7 Å². The zero-order valence-corrected chi connectivity index (χ0v) is 17.6. The summed E-state index contributed by atoms with van der Waals surface area (Å²) in [6.45, 7) is 2.89. The van der Waals surface area contributed by atoms with Crippen LogP contribution in [0.3, 0.4) is 0 Å². The maximum atomic E-state index is 11.0. The van der Waals surface area contributed by atoms with Gasteiger partial charge in [-0.25, -0.2) is 0 Å². The Morgan fingerprint density at radius 1 is 0.741 bits per heavy atom. The fourth-order valence-corrected chi connectivity index (χ4v) is 3.40. The summed E-state index contributed by atoms with van der Waals surface area (Å²) >= 11 is 0. The molecule has 0 fully saturated rings. The number of rotatable bonds is 21. The fourth-order valence-electron chi connectivity index (χ4n) is 3.40. The van der Waals surface area contributed by atoms with E-state index in [0.29, 0.717) is 6.54 Å². The van der Waals surface area contributed by atoms with Crippen molar-refractivity contribution in [1.82, 2.24) is 5.32 Å². The van der Waals surface area contributed by atoms with E-state index in [4.69, 9.17) is 10.8 Å². The van der Waals surface area contributed by atoms with Crippen molar-refractivity contribution in [3.63, 3.8) is 0 Å². The number of carbonyl (C=O) groups is 2. The van der Waals surface area contributed by atoms with E-state index >= 15 is 0 Å². The molecule has 4 N–H and O–H groups in total. The molecule has 0 heterocycles. The van der Waals surface area contributed by atoms with Crippen molar-refractivity contribution in [2.75, 3.05) is 6.54 Å². The first-order valence-corrected chi connectivity index (χ1v) is 11.3. The maximum Gasteiger partial charge on any atom is 0.321 e. The Morgan fingerprint density at radius 3 is 1.44 bits per heavy atom. The third kappa shape index (κ3) is 19.5. The van der Waals surface area contributed by atoms with Crippen molar-refractivity contribution in [3.8, 4) is 0 Å². The van der Waals surface area contributed by atoms with Gasteiger partial charge < -0.3 is 16.2 Å². The number of primary amides is 1. The highest BCUT2D eigenvalue weighted by Crippen LogP contribution is 2.13. The van der Waals surface area contributed by atoms with Gasteiger partial charge in [0.1, 0.15) is 6.04 Å². The van der Waals surface area contributed by atoms with Crippen LogP contribution < -0.4 is 11.1 Å². The van der Waals surface area contributed by atoms with E-state index in [0.717, 1.165) is 12.8 Å². The smallest absolute Gasteiger partial charge is 0.321 e. The lowest BCUT2D eigenvalue weighted by Crippen LogP contribution is -2.40. The molecule has 5 heteroatoms. The van der Waals surface area contributed by atoms with E-state index in [1.165, 1.54) is 89.9 Å². The molecule has 0 aromatic carbocycles. The largest absolute Gasteiger partial charge is 0.480 e. The SMILES string of the molecule is CCCCCCCCCCCCCCCCCCN[C@H](CC(N)=O)C(=O)O. The maximum absolute atomic E-state index is 11.0. The molecule has 0 spiro atoms. The predicted molar refractivity (Wildman–Crippen MR) is 113 cm³/mol. The Morgan fingerprint density at radius 2 is 1.11 bits per heavy atom. The van der Waals surface area contributed by atoms with Crippen LogP contribution in [-0.4, -0.2) is 29.6 Å². The van der Waals surface area contributed by atoms with Crippen LogP contribution in [0.2, 0.25) is 0 Å². The van der Waals surface area contributed by atoms with Crippen LogP contribution in [0, 0.1) is 0 Å². The lowest BCUT2D eigenvalue weighted by molar-refractivity contribution is -0.141. The molecule has 0 aliphatic carbocycles. The standard InChI is InChI=1S/C22H44N2O3/c1-2-3-4-5-6-7-8-9-10-11-12-13-14-15-16-17-18-24-20(22(26)27)19-21(23)25/h20,24H,2-19H2,1H3,(H2,23,25)(H,26,27)/t20-/m1/s1. The van der Waals surface area contributed by atoms with Gasteiger partial charge in [0.15, 0.2) is 0 Å². The summed E-state index contributed by atoms with van der Waals surface area (Å²) in [7, 11) is 0. The van der Waals surface area contributed by atoms with Crippen molar-refractivity contribution in [1.29, 1.82) is 0 Å². The molecule has 1 atom stereocenters. The van der Waals surface area contributed by atoms with E-state index in [-0.39, 0.29) is 6.42 Å². The summed E-state index contributed by atoms with van der Waals surface area (Å²) in [5, 5.41) is 11.9. The minimum atomic E-state index is -1.01. The lowest BCUT2D eigenvalue weighted by Gasteiger charge is -2.12. The minimum absolute atomic E-state index is 0.145. The van der Waals surface area contributed by atoms with Gasteiger partial charge in [-0.1, -0.05) is 103 Å². The third-order valence-electron chi connectivity index (χ3n) is 5.12. The number of nitrogens with two attached hydrogens (primary N) is 1.